The minimum atomic E-state index is -3.80. The van der Waals surface area contributed by atoms with Crippen LogP contribution in [0.1, 0.15) is 53.0 Å². The third kappa shape index (κ3) is 6.04. The van der Waals surface area contributed by atoms with Crippen LogP contribution in [0.2, 0.25) is 5.02 Å². The van der Waals surface area contributed by atoms with Crippen LogP contribution in [0.5, 0.6) is 0 Å². The van der Waals surface area contributed by atoms with Gasteiger partial charge < -0.3 is 5.32 Å². The lowest BCUT2D eigenvalue weighted by Crippen LogP contribution is -2.35. The van der Waals surface area contributed by atoms with Crippen LogP contribution in [0.15, 0.2) is 42.6 Å². The number of aromatic amines is 1. The number of aromatic nitrogens is 7. The highest BCUT2D eigenvalue weighted by molar-refractivity contribution is 7.92. The van der Waals surface area contributed by atoms with Gasteiger partial charge in [-0.3, -0.25) is 24.0 Å². The molecule has 53 heavy (non-hydrogen) atoms. The summed E-state index contributed by atoms with van der Waals surface area (Å²) in [6.45, 7) is -0.882. The first-order valence-electron chi connectivity index (χ1n) is 16.0. The van der Waals surface area contributed by atoms with Crippen LogP contribution in [0.3, 0.4) is 0 Å². The summed E-state index contributed by atoms with van der Waals surface area (Å²) in [6.07, 6.45) is -0.985. The zero-order chi connectivity index (χ0) is 37.7. The first-order chi connectivity index (χ1) is 25.0. The van der Waals surface area contributed by atoms with Gasteiger partial charge in [0.05, 0.1) is 40.1 Å². The second-order valence-corrected chi connectivity index (χ2v) is 15.3. The van der Waals surface area contributed by atoms with Crippen molar-refractivity contribution in [2.45, 2.75) is 43.7 Å². The summed E-state index contributed by atoms with van der Waals surface area (Å²) in [4.78, 5) is 18.5. The predicted octanol–water partition coefficient (Wildman–Crippen LogP) is 6.26. The summed E-state index contributed by atoms with van der Waals surface area (Å²) < 4.78 is 116. The molecule has 1 saturated carbocycles. The molecule has 6 aromatic rings. The van der Waals surface area contributed by atoms with Gasteiger partial charge in [-0.1, -0.05) is 17.7 Å². The van der Waals surface area contributed by atoms with Crippen molar-refractivity contribution >= 4 is 55.3 Å². The standard InChI is InChI=1S/C33H26ClF6N9O3S/c1-48-28-17(3-4-21(34)25(28)32(46-48)47-53(2,51)52)18-8-14-11-41-44-31(14)43-26(18)22(7-13-5-15(35)9-16(36)6-13)42-23(50)12-49-29-24(27(45-49)30(37)38)19-10-20(19)33(29,39)40/h3-6,8-9,11,19-20,22,30H,7,10,12H2,1-2H3,(H,42,50)(H,46,47)(H,41,43,44)/t19-,20+,22+/m0/s1. The molecule has 4 heterocycles. The van der Waals surface area contributed by atoms with E-state index in [9.17, 15) is 30.8 Å². The van der Waals surface area contributed by atoms with Crippen LogP contribution in [-0.4, -0.2) is 55.3 Å². The smallest absolute Gasteiger partial charge is 0.293 e. The number of aryl methyl sites for hydroxylation is 1. The topological polar surface area (TPSA) is 152 Å². The number of rotatable bonds is 10. The Bertz CT molecular complexity index is 2590. The van der Waals surface area contributed by atoms with Gasteiger partial charge in [-0.2, -0.15) is 24.1 Å². The van der Waals surface area contributed by atoms with Crippen molar-refractivity contribution in [3.63, 3.8) is 0 Å². The minimum Gasteiger partial charge on any atom is -0.346 e. The summed E-state index contributed by atoms with van der Waals surface area (Å²) in [5.41, 5.74) is -0.293. The lowest BCUT2D eigenvalue weighted by molar-refractivity contribution is -0.123. The van der Waals surface area contributed by atoms with Gasteiger partial charge in [0.1, 0.15) is 29.6 Å². The van der Waals surface area contributed by atoms with Gasteiger partial charge in [-0.25, -0.2) is 31.0 Å². The molecule has 12 nitrogen and oxygen atoms in total. The van der Waals surface area contributed by atoms with E-state index < -0.39 is 75.7 Å². The molecule has 1 fully saturated rings. The van der Waals surface area contributed by atoms with Crippen LogP contribution in [0.4, 0.5) is 32.2 Å². The molecular formula is C33H26ClF6N9O3S. The minimum absolute atomic E-state index is 0.0366. The second kappa shape index (κ2) is 12.2. The second-order valence-electron chi connectivity index (χ2n) is 13.2. The van der Waals surface area contributed by atoms with Crippen molar-refractivity contribution in [2.24, 2.45) is 13.0 Å². The Hall–Kier alpha value is -5.17. The Labute approximate surface area is 300 Å². The molecule has 8 rings (SSSR count). The average molecular weight is 778 g/mol. The lowest BCUT2D eigenvalue weighted by atomic mass is 9.93. The summed E-state index contributed by atoms with van der Waals surface area (Å²) >= 11 is 6.56. The van der Waals surface area contributed by atoms with E-state index >= 15 is 8.78 Å². The Balaban J connectivity index is 1.26. The first-order valence-corrected chi connectivity index (χ1v) is 18.3. The van der Waals surface area contributed by atoms with Gasteiger partial charge in [-0.05, 0) is 48.6 Å². The van der Waals surface area contributed by atoms with Gasteiger partial charge >= 0.3 is 0 Å². The molecule has 3 atom stereocenters. The maximum atomic E-state index is 15.3. The quantitative estimate of drug-likeness (QED) is 0.139. The van der Waals surface area contributed by atoms with Crippen molar-refractivity contribution in [3.05, 3.63) is 87.5 Å². The molecular weight excluding hydrogens is 752 g/mol. The third-order valence-electron chi connectivity index (χ3n) is 9.45. The van der Waals surface area contributed by atoms with E-state index in [4.69, 9.17) is 16.6 Å². The van der Waals surface area contributed by atoms with Crippen molar-refractivity contribution in [2.75, 3.05) is 11.0 Å². The van der Waals surface area contributed by atoms with E-state index in [1.54, 1.807) is 19.2 Å². The molecule has 0 spiro atoms. The normalized spacial score (nSPS) is 18.1. The fourth-order valence-corrected chi connectivity index (χ4v) is 8.09. The number of carbonyl (C=O) groups is 1. The summed E-state index contributed by atoms with van der Waals surface area (Å²) in [5, 5.41) is 18.4. The van der Waals surface area contributed by atoms with E-state index in [1.807, 2.05) is 0 Å². The van der Waals surface area contributed by atoms with Crippen molar-refractivity contribution in [3.8, 4) is 11.1 Å². The van der Waals surface area contributed by atoms with Crippen LogP contribution < -0.4 is 10.0 Å². The van der Waals surface area contributed by atoms with E-state index in [2.05, 4.69) is 30.4 Å². The average Bonchev–Trinajstić information content (AvgIpc) is 3.28. The summed E-state index contributed by atoms with van der Waals surface area (Å²) in [7, 11) is -2.26. The molecule has 2 aromatic carbocycles. The van der Waals surface area contributed by atoms with Gasteiger partial charge in [0.25, 0.3) is 12.3 Å². The fourth-order valence-electron chi connectivity index (χ4n) is 7.35. The van der Waals surface area contributed by atoms with E-state index in [0.29, 0.717) is 32.8 Å². The van der Waals surface area contributed by atoms with Crippen LogP contribution in [0, 0.1) is 17.6 Å². The summed E-state index contributed by atoms with van der Waals surface area (Å²) in [6, 6.07) is 6.27. The number of nitrogens with zero attached hydrogens (tertiary/aromatic N) is 6. The van der Waals surface area contributed by atoms with Crippen molar-refractivity contribution < 1.29 is 39.6 Å². The lowest BCUT2D eigenvalue weighted by Gasteiger charge is -2.23. The number of sulfonamides is 1. The largest absolute Gasteiger partial charge is 0.346 e. The molecule has 0 saturated heterocycles. The molecule has 276 valence electrons. The third-order valence-corrected chi connectivity index (χ3v) is 10.3. The monoisotopic (exact) mass is 777 g/mol. The van der Waals surface area contributed by atoms with E-state index in [0.717, 1.165) is 18.4 Å². The van der Waals surface area contributed by atoms with Gasteiger partial charge in [0, 0.05) is 41.1 Å². The molecule has 0 radical (unpaired) electrons. The van der Waals surface area contributed by atoms with Crippen molar-refractivity contribution in [1.82, 2.24) is 40.1 Å². The van der Waals surface area contributed by atoms with Crippen LogP contribution >= 0.6 is 11.6 Å². The molecule has 3 N–H and O–H groups in total. The SMILES string of the molecule is Cn1nc(NS(C)(=O)=O)c2c(Cl)ccc(-c3cc4cn[nH]c4nc3[C@@H](Cc3cc(F)cc(F)c3)NC(=O)Cn3nc(C(F)F)c4c3C(F)(F)[C@@H]3C[C@H]43)c21. The zero-order valence-electron chi connectivity index (χ0n) is 27.4. The Morgan fingerprint density at radius 3 is 2.53 bits per heavy atom. The number of halogens is 7. The molecule has 0 aliphatic heterocycles. The molecule has 2 aliphatic rings. The Kier molecular flexibility index (Phi) is 8.02. The number of carbonyl (C=O) groups excluding carboxylic acids is 1. The Morgan fingerprint density at radius 2 is 1.83 bits per heavy atom. The molecule has 0 bridgehead atoms. The summed E-state index contributed by atoms with van der Waals surface area (Å²) in [5.74, 6) is -8.23. The first kappa shape index (κ1) is 34.9. The number of H-pyrrole nitrogens is 1. The van der Waals surface area contributed by atoms with Gasteiger partial charge in [0.2, 0.25) is 15.9 Å². The maximum absolute atomic E-state index is 15.3. The van der Waals surface area contributed by atoms with E-state index in [-0.39, 0.29) is 51.5 Å². The van der Waals surface area contributed by atoms with E-state index in [1.165, 1.54) is 16.9 Å². The number of pyridine rings is 1. The maximum Gasteiger partial charge on any atom is 0.293 e. The van der Waals surface area contributed by atoms with Gasteiger partial charge in [-0.15, -0.1) is 0 Å². The van der Waals surface area contributed by atoms with Gasteiger partial charge in [0.15, 0.2) is 11.5 Å². The molecule has 0 unspecified atom stereocenters. The highest BCUT2D eigenvalue weighted by Gasteiger charge is 2.67. The molecule has 20 heteroatoms. The number of alkyl halides is 4. The van der Waals surface area contributed by atoms with Crippen LogP contribution in [0.25, 0.3) is 33.1 Å². The molecule has 2 aliphatic carbocycles. The Morgan fingerprint density at radius 1 is 1.09 bits per heavy atom. The number of hydrogen-bond donors (Lipinski definition) is 3. The number of fused-ring (bicyclic) bond motifs is 5. The number of benzene rings is 2. The highest BCUT2D eigenvalue weighted by atomic mass is 35.5. The predicted molar refractivity (Wildman–Crippen MR) is 180 cm³/mol. The number of hydrogen-bond acceptors (Lipinski definition) is 7. The number of anilines is 1. The van der Waals surface area contributed by atoms with Crippen molar-refractivity contribution in [1.29, 1.82) is 0 Å². The number of nitrogens with one attached hydrogen (secondary N) is 3. The molecule has 1 amide bonds. The fraction of sp³-hybridized carbons (Fsp3) is 0.303. The zero-order valence-corrected chi connectivity index (χ0v) is 29.0. The van der Waals surface area contributed by atoms with Crippen LogP contribution in [-0.2, 0) is 40.8 Å². The molecule has 4 aromatic heterocycles. The number of amides is 1. The highest BCUT2D eigenvalue weighted by Crippen LogP contribution is 2.68.